The van der Waals surface area contributed by atoms with Crippen LogP contribution >= 0.6 is 34.8 Å². The van der Waals surface area contributed by atoms with Gasteiger partial charge in [-0.15, -0.1) is 0 Å². The molecule has 3 saturated carbocycles. The van der Waals surface area contributed by atoms with Crippen molar-refractivity contribution in [3.63, 3.8) is 0 Å². The molecule has 0 spiro atoms. The van der Waals surface area contributed by atoms with Crippen molar-refractivity contribution in [2.45, 2.75) is 191 Å². The zero-order chi connectivity index (χ0) is 82.1. The van der Waals surface area contributed by atoms with E-state index in [1.54, 1.807) is 75.9 Å². The van der Waals surface area contributed by atoms with Gasteiger partial charge in [0.25, 0.3) is 17.7 Å². The van der Waals surface area contributed by atoms with E-state index in [0.717, 1.165) is 144 Å². The average molecular weight is 1650 g/mol. The van der Waals surface area contributed by atoms with E-state index in [4.69, 9.17) is 77.4 Å². The number of hydrogen-bond donors (Lipinski definition) is 3. The number of carboxylic acid groups (broad SMARTS) is 3. The summed E-state index contributed by atoms with van der Waals surface area (Å²) in [4.78, 5) is 84.0. The quantitative estimate of drug-likeness (QED) is 0.0432. The van der Waals surface area contributed by atoms with Crippen LogP contribution in [0.1, 0.15) is 162 Å². The van der Waals surface area contributed by atoms with Gasteiger partial charge < -0.3 is 72.7 Å². The minimum Gasteiger partial charge on any atom is -0.493 e. The zero-order valence-corrected chi connectivity index (χ0v) is 67.8. The average Bonchev–Trinajstić information content (AvgIpc) is 0.899. The van der Waals surface area contributed by atoms with E-state index < -0.39 is 54.3 Å². The van der Waals surface area contributed by atoms with Gasteiger partial charge in [0.15, 0.2) is 52.8 Å². The third-order valence-corrected chi connectivity index (χ3v) is 23.2. The highest BCUT2D eigenvalue weighted by atomic mass is 35.5. The summed E-state index contributed by atoms with van der Waals surface area (Å²) in [6, 6.07) is 57.8. The van der Waals surface area contributed by atoms with Gasteiger partial charge >= 0.3 is 17.9 Å². The van der Waals surface area contributed by atoms with Crippen molar-refractivity contribution in [1.82, 2.24) is 14.7 Å². The summed E-state index contributed by atoms with van der Waals surface area (Å²) in [5.41, 5.74) is 9.57. The molecule has 612 valence electrons. The molecule has 6 atom stereocenters. The lowest BCUT2D eigenvalue weighted by molar-refractivity contribution is -0.160. The number of carbonyl (C=O) groups excluding carboxylic acids is 3. The third kappa shape index (κ3) is 20.8. The first kappa shape index (κ1) is 84.3. The van der Waals surface area contributed by atoms with Crippen LogP contribution < -0.4 is 28.4 Å². The van der Waals surface area contributed by atoms with E-state index in [1.165, 1.54) is 14.7 Å². The number of halogens is 3. The molecule has 0 radical (unpaired) electrons. The summed E-state index contributed by atoms with van der Waals surface area (Å²) >= 11 is 18.0. The van der Waals surface area contributed by atoms with Crippen LogP contribution in [-0.2, 0) is 102 Å². The lowest BCUT2D eigenvalue weighted by Crippen LogP contribution is -2.50. The normalized spacial score (nSPS) is 17.9. The highest BCUT2D eigenvalue weighted by molar-refractivity contribution is 6.31. The SMILES string of the molecule is COc1ccc2c(c1OCc1ccc(Cl)cc1)C[C@@H](C(=O)O)N(C(=O)[C@H](OC1CCCC1)c1ccccc1)C2.COc1ccc2c(c1OCc1ccc(Cl)cc1)C[C@H](C(=O)O)N(C(=O)[C@@H](OC1CCCC1)c1ccccc1)C2.COc1ccc2c(c1OCc1ccc(Cl)cc1)C[C@H](C(=O)O)N(C(=O)[C@H](OC1CCCC1)c1ccccc1)C2. The summed E-state index contributed by atoms with van der Waals surface area (Å²) in [5, 5.41) is 32.7. The molecular weight excluding hydrogens is 1550 g/mol. The Hall–Kier alpha value is -10.7. The highest BCUT2D eigenvalue weighted by Crippen LogP contribution is 2.45. The second-order valence-electron chi connectivity index (χ2n) is 30.0. The molecule has 21 nitrogen and oxygen atoms in total. The van der Waals surface area contributed by atoms with Gasteiger partial charge in [-0.05, 0) is 143 Å². The van der Waals surface area contributed by atoms with Crippen LogP contribution in [0.25, 0.3) is 0 Å². The number of carbonyl (C=O) groups is 6. The molecular formula is C93H96Cl3N3O18. The molecule has 0 unspecified atom stereocenters. The van der Waals surface area contributed by atoms with Gasteiger partial charge in [-0.3, -0.25) is 14.4 Å². The standard InChI is InChI=1S/3C31H32ClNO6/c3*1-37-27-16-13-22-18-33(30(34)28(21-7-3-2-4-8-21)39-24-9-5-6-10-24)26(31(35)36)17-25(22)29(27)38-19-20-11-14-23(32)15-12-20/h3*2-4,7-8,11-16,24,26,28H,5-6,9-10,17-19H2,1H3,(H,35,36)/t2*26-,28+;26-,28-/m101/s1. The lowest BCUT2D eigenvalue weighted by atomic mass is 9.91. The molecule has 9 aromatic rings. The first-order valence-corrected chi connectivity index (χ1v) is 40.9. The lowest BCUT2D eigenvalue weighted by Gasteiger charge is -2.37. The second kappa shape index (κ2) is 40.0. The Kier molecular flexibility index (Phi) is 28.8. The number of amides is 3. The second-order valence-corrected chi connectivity index (χ2v) is 31.3. The maximum absolute atomic E-state index is 14.0. The molecule has 3 fully saturated rings. The fourth-order valence-corrected chi connectivity index (χ4v) is 16.6. The number of rotatable bonds is 27. The largest absolute Gasteiger partial charge is 0.493 e. The Labute approximate surface area is 696 Å². The van der Waals surface area contributed by atoms with Crippen LogP contribution in [0.4, 0.5) is 0 Å². The van der Waals surface area contributed by atoms with Gasteiger partial charge in [0.1, 0.15) is 37.9 Å². The smallest absolute Gasteiger partial charge is 0.326 e. The van der Waals surface area contributed by atoms with E-state index in [-0.39, 0.29) is 94.8 Å². The summed E-state index contributed by atoms with van der Waals surface area (Å²) in [5.74, 6) is -1.24. The van der Waals surface area contributed by atoms with E-state index >= 15 is 0 Å². The molecule has 0 bridgehead atoms. The number of aliphatic carboxylic acids is 3. The molecule has 0 aromatic heterocycles. The molecule has 24 heteroatoms. The Bertz CT molecular complexity index is 4410. The van der Waals surface area contributed by atoms with Crippen molar-refractivity contribution >= 4 is 70.4 Å². The van der Waals surface area contributed by atoms with Crippen molar-refractivity contribution in [1.29, 1.82) is 0 Å². The maximum Gasteiger partial charge on any atom is 0.326 e. The van der Waals surface area contributed by atoms with Gasteiger partial charge in [0, 0.05) is 70.7 Å². The van der Waals surface area contributed by atoms with Crippen molar-refractivity contribution in [2.24, 2.45) is 0 Å². The number of carboxylic acids is 3. The van der Waals surface area contributed by atoms with E-state index in [9.17, 15) is 44.1 Å². The topological polar surface area (TPSA) is 256 Å². The van der Waals surface area contributed by atoms with Gasteiger partial charge in [0.05, 0.1) is 39.6 Å². The highest BCUT2D eigenvalue weighted by Gasteiger charge is 2.45. The Morgan fingerprint density at radius 2 is 0.581 bits per heavy atom. The number of hydrogen-bond acceptors (Lipinski definition) is 15. The summed E-state index contributed by atoms with van der Waals surface area (Å²) < 4.78 is 54.3. The molecule has 3 amide bonds. The monoisotopic (exact) mass is 1650 g/mol. The number of benzene rings is 9. The predicted octanol–water partition coefficient (Wildman–Crippen LogP) is 17.9. The molecule has 0 saturated heterocycles. The van der Waals surface area contributed by atoms with Crippen molar-refractivity contribution in [2.75, 3.05) is 21.3 Å². The fourth-order valence-electron chi connectivity index (χ4n) is 16.2. The molecule has 3 aliphatic heterocycles. The number of nitrogens with zero attached hydrogens (tertiary/aromatic N) is 3. The first-order valence-electron chi connectivity index (χ1n) is 39.7. The molecule has 3 N–H and O–H groups in total. The van der Waals surface area contributed by atoms with Gasteiger partial charge in [-0.1, -0.05) is 219 Å². The summed E-state index contributed by atoms with van der Waals surface area (Å²) in [6.45, 7) is 1.17. The predicted molar refractivity (Wildman–Crippen MR) is 441 cm³/mol. The molecule has 117 heavy (non-hydrogen) atoms. The van der Waals surface area contributed by atoms with E-state index in [2.05, 4.69) is 0 Å². The minimum absolute atomic E-state index is 0.0170. The van der Waals surface area contributed by atoms with Crippen LogP contribution in [0.5, 0.6) is 34.5 Å². The Balaban J connectivity index is 0.000000152. The number of ether oxygens (including phenoxy) is 9. The van der Waals surface area contributed by atoms with Crippen molar-refractivity contribution in [3.05, 3.63) is 282 Å². The Morgan fingerprint density at radius 1 is 0.342 bits per heavy atom. The van der Waals surface area contributed by atoms with Gasteiger partial charge in [0.2, 0.25) is 0 Å². The number of methoxy groups -OCH3 is 3. The maximum atomic E-state index is 14.0. The summed E-state index contributed by atoms with van der Waals surface area (Å²) in [6.07, 6.45) is 9.42. The fraction of sp³-hybridized carbons (Fsp3) is 0.355. The molecule has 3 aliphatic carbocycles. The summed E-state index contributed by atoms with van der Waals surface area (Å²) in [7, 11) is 4.65. The van der Waals surface area contributed by atoms with Crippen LogP contribution in [0.15, 0.2) is 200 Å². The molecule has 15 rings (SSSR count). The van der Waals surface area contributed by atoms with Crippen LogP contribution in [-0.4, -0.2) is 123 Å². The van der Waals surface area contributed by atoms with Crippen LogP contribution in [0.3, 0.4) is 0 Å². The van der Waals surface area contributed by atoms with Gasteiger partial charge in [-0.2, -0.15) is 0 Å². The minimum atomic E-state index is -1.08. The van der Waals surface area contributed by atoms with Crippen LogP contribution in [0, 0.1) is 0 Å². The first-order chi connectivity index (χ1) is 56.8. The number of fused-ring (bicyclic) bond motifs is 3. The molecule has 3 heterocycles. The van der Waals surface area contributed by atoms with E-state index in [0.29, 0.717) is 49.6 Å². The van der Waals surface area contributed by atoms with Crippen molar-refractivity contribution in [3.8, 4) is 34.5 Å². The van der Waals surface area contributed by atoms with Crippen molar-refractivity contribution < 1.29 is 86.7 Å². The third-order valence-electron chi connectivity index (χ3n) is 22.4. The van der Waals surface area contributed by atoms with E-state index in [1.807, 2.05) is 146 Å². The molecule has 9 aromatic carbocycles. The van der Waals surface area contributed by atoms with Gasteiger partial charge in [-0.25, -0.2) is 14.4 Å². The Morgan fingerprint density at radius 3 is 0.803 bits per heavy atom. The molecule has 6 aliphatic rings. The van der Waals surface area contributed by atoms with Crippen LogP contribution in [0.2, 0.25) is 15.1 Å². The zero-order valence-electron chi connectivity index (χ0n) is 65.5.